The number of anilines is 1. The summed E-state index contributed by atoms with van der Waals surface area (Å²) in [6.07, 6.45) is 2.67. The third-order valence-electron chi connectivity index (χ3n) is 2.30. The molecule has 2 aromatic rings. The van der Waals surface area contributed by atoms with Gasteiger partial charge in [-0.25, -0.2) is 0 Å². The zero-order chi connectivity index (χ0) is 14.6. The van der Waals surface area contributed by atoms with Crippen molar-refractivity contribution in [1.82, 2.24) is 0 Å². The fourth-order valence-electron chi connectivity index (χ4n) is 1.36. The largest absolute Gasteiger partial charge is 0.441 e. The number of nitrogens with two attached hydrogens (primary N) is 1. The third-order valence-corrected chi connectivity index (χ3v) is 3.03. The summed E-state index contributed by atoms with van der Waals surface area (Å²) in [5, 5.41) is 6.91. The van der Waals surface area contributed by atoms with Gasteiger partial charge in [0.15, 0.2) is 0 Å². The minimum absolute atomic E-state index is 0.149. The normalized spacial score (nSPS) is 12.4. The number of nitrogen functional groups attached to an aromatic ring is 1. The number of hydrogen-bond acceptors (Lipinski definition) is 6. The molecule has 2 rings (SSSR count). The summed E-state index contributed by atoms with van der Waals surface area (Å²) in [4.78, 5) is 0. The second-order valence-corrected chi connectivity index (χ2v) is 5.10. The first-order chi connectivity index (χ1) is 9.47. The second-order valence-electron chi connectivity index (χ2n) is 3.75. The molecule has 1 aromatic carbocycles. The highest BCUT2D eigenvalue weighted by molar-refractivity contribution is 7.85. The highest BCUT2D eigenvalue weighted by Crippen LogP contribution is 2.12. The van der Waals surface area contributed by atoms with Gasteiger partial charge in [0.1, 0.15) is 5.76 Å². The second kappa shape index (κ2) is 5.68. The first kappa shape index (κ1) is 14.0. The zero-order valence-electron chi connectivity index (χ0n) is 10.2. The molecule has 104 valence electrons. The molecule has 0 bridgehead atoms. The van der Waals surface area contributed by atoms with Crippen molar-refractivity contribution in [2.45, 2.75) is 5.09 Å². The van der Waals surface area contributed by atoms with E-state index in [2.05, 4.69) is 10.2 Å². The lowest BCUT2D eigenvalue weighted by Crippen LogP contribution is -1.94. The van der Waals surface area contributed by atoms with Crippen LogP contribution in [0.1, 0.15) is 11.3 Å². The van der Waals surface area contributed by atoms with Gasteiger partial charge in [-0.2, -0.15) is 18.6 Å². The molecule has 1 heterocycles. The molecule has 0 aliphatic carbocycles. The smallest absolute Gasteiger partial charge is 0.328 e. The first-order valence-electron chi connectivity index (χ1n) is 5.45. The van der Waals surface area contributed by atoms with Crippen LogP contribution in [0.15, 0.2) is 56.1 Å². The molecule has 0 aliphatic heterocycles. The Hall–Kier alpha value is -2.45. The minimum Gasteiger partial charge on any atom is -0.441 e. The van der Waals surface area contributed by atoms with Crippen LogP contribution in [0.3, 0.4) is 0 Å². The van der Waals surface area contributed by atoms with Gasteiger partial charge in [-0.3, -0.25) is 4.55 Å². The van der Waals surface area contributed by atoms with Gasteiger partial charge < -0.3 is 10.2 Å². The maximum absolute atomic E-state index is 10.8. The van der Waals surface area contributed by atoms with E-state index in [0.29, 0.717) is 11.3 Å². The van der Waals surface area contributed by atoms with E-state index in [1.165, 1.54) is 18.5 Å². The topological polar surface area (TPSA) is 118 Å². The Morgan fingerprint density at radius 2 is 1.80 bits per heavy atom. The average Bonchev–Trinajstić information content (AvgIpc) is 2.85. The fraction of sp³-hybridized carbons (Fsp3) is 0. The van der Waals surface area contributed by atoms with Crippen molar-refractivity contribution in [3.05, 3.63) is 47.7 Å². The predicted octanol–water partition coefficient (Wildman–Crippen LogP) is 1.56. The lowest BCUT2D eigenvalue weighted by molar-refractivity contribution is 0.404. The molecule has 0 unspecified atom stereocenters. The van der Waals surface area contributed by atoms with Crippen LogP contribution in [0.5, 0.6) is 0 Å². The van der Waals surface area contributed by atoms with Crippen molar-refractivity contribution >= 4 is 28.2 Å². The molecule has 3 N–H and O–H groups in total. The van der Waals surface area contributed by atoms with Gasteiger partial charge in [-0.1, -0.05) is 18.2 Å². The number of hydrogen-bond donors (Lipinski definition) is 2. The van der Waals surface area contributed by atoms with Gasteiger partial charge in [0.25, 0.3) is 0 Å². The summed E-state index contributed by atoms with van der Waals surface area (Å²) in [5.41, 5.74) is 6.99. The summed E-state index contributed by atoms with van der Waals surface area (Å²) < 4.78 is 35.1. The van der Waals surface area contributed by atoms with Crippen molar-refractivity contribution < 1.29 is 17.4 Å². The van der Waals surface area contributed by atoms with Gasteiger partial charge in [-0.15, -0.1) is 0 Å². The monoisotopic (exact) mass is 293 g/mol. The molecule has 0 saturated carbocycles. The maximum Gasteiger partial charge on any atom is 0.328 e. The van der Waals surface area contributed by atoms with Crippen LogP contribution in [0, 0.1) is 0 Å². The molecule has 0 radical (unpaired) electrons. The summed E-state index contributed by atoms with van der Waals surface area (Å²) >= 11 is 0. The molecule has 20 heavy (non-hydrogen) atoms. The van der Waals surface area contributed by atoms with E-state index in [4.69, 9.17) is 14.7 Å². The van der Waals surface area contributed by atoms with E-state index in [0.717, 1.165) is 6.07 Å². The van der Waals surface area contributed by atoms with E-state index < -0.39 is 15.2 Å². The first-order valence-corrected chi connectivity index (χ1v) is 6.89. The molecule has 0 aliphatic rings. The number of furan rings is 1. The van der Waals surface area contributed by atoms with Crippen LogP contribution in [-0.2, 0) is 10.1 Å². The van der Waals surface area contributed by atoms with Crippen molar-refractivity contribution in [2.75, 3.05) is 5.73 Å². The van der Waals surface area contributed by atoms with E-state index in [1.807, 2.05) is 6.07 Å². The van der Waals surface area contributed by atoms with Crippen LogP contribution in [-0.4, -0.2) is 25.4 Å². The lowest BCUT2D eigenvalue weighted by Gasteiger charge is -1.95. The Balaban J connectivity index is 2.08. The van der Waals surface area contributed by atoms with Crippen molar-refractivity contribution in [1.29, 1.82) is 0 Å². The van der Waals surface area contributed by atoms with Crippen molar-refractivity contribution in [3.63, 3.8) is 0 Å². The molecule has 7 nitrogen and oxygen atoms in total. The Bertz CT molecular complexity index is 763. The molecule has 0 fully saturated rings. The fourth-order valence-corrected chi connectivity index (χ4v) is 1.80. The van der Waals surface area contributed by atoms with E-state index in [1.54, 1.807) is 18.2 Å². The average molecular weight is 293 g/mol. The molecule has 0 saturated heterocycles. The maximum atomic E-state index is 10.8. The summed E-state index contributed by atoms with van der Waals surface area (Å²) in [6, 6.07) is 9.59. The van der Waals surface area contributed by atoms with Crippen LogP contribution >= 0.6 is 0 Å². The molecular weight excluding hydrogens is 282 g/mol. The standard InChI is InChI=1S/C12H11N3O4S/c13-11-4-2-1-3-9(11)7-14-15-8-10-5-6-12(19-10)20(16,17)18/h1-8H,13H2,(H,16,17,18)/b14-7-,15-8+. The van der Waals surface area contributed by atoms with Crippen LogP contribution in [0.25, 0.3) is 0 Å². The highest BCUT2D eigenvalue weighted by Gasteiger charge is 2.13. The van der Waals surface area contributed by atoms with Gasteiger partial charge in [0.05, 0.1) is 12.4 Å². The molecular formula is C12H11N3O4S. The number of para-hydroxylation sites is 1. The van der Waals surface area contributed by atoms with Crippen molar-refractivity contribution in [3.8, 4) is 0 Å². The minimum atomic E-state index is -4.34. The predicted molar refractivity (Wildman–Crippen MR) is 74.6 cm³/mol. The Kier molecular flexibility index (Phi) is 3.97. The quantitative estimate of drug-likeness (QED) is 0.384. The molecule has 0 spiro atoms. The summed E-state index contributed by atoms with van der Waals surface area (Å²) in [5.74, 6) is 0.149. The SMILES string of the molecule is Nc1ccccc1/C=N\N=C\c1ccc(S(=O)(=O)O)o1. The van der Waals surface area contributed by atoms with Gasteiger partial charge >= 0.3 is 10.1 Å². The zero-order valence-corrected chi connectivity index (χ0v) is 11.0. The number of rotatable bonds is 4. The van der Waals surface area contributed by atoms with Crippen LogP contribution in [0.4, 0.5) is 5.69 Å². The molecule has 0 atom stereocenters. The Morgan fingerprint density at radius 1 is 1.10 bits per heavy atom. The van der Waals surface area contributed by atoms with Gasteiger partial charge in [0.2, 0.25) is 5.09 Å². The summed E-state index contributed by atoms with van der Waals surface area (Å²) in [6.45, 7) is 0. The van der Waals surface area contributed by atoms with Crippen LogP contribution < -0.4 is 5.73 Å². The lowest BCUT2D eigenvalue weighted by atomic mass is 10.2. The van der Waals surface area contributed by atoms with Gasteiger partial charge in [-0.05, 0) is 18.2 Å². The molecule has 1 aromatic heterocycles. The van der Waals surface area contributed by atoms with E-state index in [-0.39, 0.29) is 5.76 Å². The molecule has 0 amide bonds. The Morgan fingerprint density at radius 3 is 2.45 bits per heavy atom. The summed E-state index contributed by atoms with van der Waals surface area (Å²) in [7, 11) is -4.34. The highest BCUT2D eigenvalue weighted by atomic mass is 32.2. The van der Waals surface area contributed by atoms with E-state index in [9.17, 15) is 8.42 Å². The van der Waals surface area contributed by atoms with Crippen molar-refractivity contribution in [2.24, 2.45) is 10.2 Å². The number of benzene rings is 1. The Labute approximate surface area is 115 Å². The van der Waals surface area contributed by atoms with Crippen LogP contribution in [0.2, 0.25) is 0 Å². The number of nitrogens with zero attached hydrogens (tertiary/aromatic N) is 2. The van der Waals surface area contributed by atoms with Gasteiger partial charge in [0, 0.05) is 11.3 Å². The molecule has 8 heteroatoms. The third kappa shape index (κ3) is 3.53. The van der Waals surface area contributed by atoms with E-state index >= 15 is 0 Å².